The van der Waals surface area contributed by atoms with Gasteiger partial charge in [-0.2, -0.15) is 0 Å². The van der Waals surface area contributed by atoms with Crippen molar-refractivity contribution < 1.29 is 48.8 Å². The molecule has 0 saturated carbocycles. The Morgan fingerprint density at radius 2 is 1.15 bits per heavy atom. The number of carboxylic acid groups (broad SMARTS) is 2. The summed E-state index contributed by atoms with van der Waals surface area (Å²) >= 11 is 1.47. The van der Waals surface area contributed by atoms with Gasteiger partial charge in [-0.05, 0) is 99.3 Å². The first-order valence-electron chi connectivity index (χ1n) is 22.7. The van der Waals surface area contributed by atoms with Crippen LogP contribution < -0.4 is 27.0 Å². The van der Waals surface area contributed by atoms with E-state index < -0.39 is 104 Å². The Kier molecular flexibility index (Phi) is 13.7. The molecule has 7 rings (SSSR count). The molecular weight excluding hydrogens is 905 g/mol. The standard InChI is InChI=1S/C45H56N10O12S/c1-23(2)35(49-42(60)61)37(56)51-19-7-17-44(51,39(46)58)27-13-11-25(21-32(27)54(64)65)30-15-16-31(53(30)41-48-29-9-5-6-10-34(29)68-41)26-12-14-28(33(22-26)55(66)67)45(40(47)59)18-8-20-52(45)38(57)36(24(3)4)50-43(62)63/h11-14,21-24,30-31,35-36,49-50H,5-10,15-20H2,1-4H3,(H2,46,58)(H2,47,59)(H,60,61)(H,62,63)/t30-,31-,35+,36+,44+,45+/m1/s1. The van der Waals surface area contributed by atoms with Crippen LogP contribution in [0.4, 0.5) is 26.1 Å². The molecule has 3 saturated heterocycles. The number of nitro groups is 2. The number of benzene rings is 2. The molecule has 1 aromatic heterocycles. The first-order valence-corrected chi connectivity index (χ1v) is 23.5. The van der Waals surface area contributed by atoms with Gasteiger partial charge in [0.15, 0.2) is 16.2 Å². The van der Waals surface area contributed by atoms with E-state index in [-0.39, 0.29) is 49.9 Å². The van der Waals surface area contributed by atoms with E-state index in [4.69, 9.17) is 16.5 Å². The van der Waals surface area contributed by atoms with Gasteiger partial charge in [-0.25, -0.2) is 14.6 Å². The summed E-state index contributed by atoms with van der Waals surface area (Å²) in [4.78, 5) is 114. The van der Waals surface area contributed by atoms with E-state index in [1.807, 2.05) is 4.90 Å². The molecule has 23 heteroatoms. The Labute approximate surface area is 394 Å². The van der Waals surface area contributed by atoms with Crippen LogP contribution in [-0.2, 0) is 43.1 Å². The maximum absolute atomic E-state index is 14.1. The molecule has 68 heavy (non-hydrogen) atoms. The highest BCUT2D eigenvalue weighted by molar-refractivity contribution is 7.15. The zero-order valence-electron chi connectivity index (χ0n) is 38.1. The average molecular weight is 961 g/mol. The van der Waals surface area contributed by atoms with Crippen LogP contribution in [0.15, 0.2) is 36.4 Å². The van der Waals surface area contributed by atoms with E-state index in [1.165, 1.54) is 35.6 Å². The molecule has 3 aromatic rings. The molecule has 0 spiro atoms. The van der Waals surface area contributed by atoms with E-state index in [2.05, 4.69) is 10.6 Å². The second-order valence-corrected chi connectivity index (χ2v) is 19.7. The van der Waals surface area contributed by atoms with E-state index in [0.29, 0.717) is 29.1 Å². The van der Waals surface area contributed by atoms with Crippen molar-refractivity contribution in [3.63, 3.8) is 0 Å². The third kappa shape index (κ3) is 8.51. The third-order valence-electron chi connectivity index (χ3n) is 14.1. The number of carbonyl (C=O) groups excluding carboxylic acids is 4. The largest absolute Gasteiger partial charge is 0.465 e. The molecule has 4 aliphatic rings. The first-order chi connectivity index (χ1) is 32.1. The highest BCUT2D eigenvalue weighted by Gasteiger charge is 2.56. The summed E-state index contributed by atoms with van der Waals surface area (Å²) in [5.41, 5.74) is 8.79. The zero-order chi connectivity index (χ0) is 49.6. The Bertz CT molecular complexity index is 2400. The van der Waals surface area contributed by atoms with Crippen LogP contribution in [0.25, 0.3) is 0 Å². The van der Waals surface area contributed by atoms with Gasteiger partial charge in [0.25, 0.3) is 11.4 Å². The minimum absolute atomic E-state index is 0.0157. The van der Waals surface area contributed by atoms with E-state index in [1.54, 1.807) is 39.8 Å². The number of rotatable bonds is 15. The van der Waals surface area contributed by atoms with Gasteiger partial charge in [-0.3, -0.25) is 39.4 Å². The minimum atomic E-state index is -1.98. The summed E-state index contributed by atoms with van der Waals surface area (Å²) in [6.07, 6.45) is 1.65. The maximum atomic E-state index is 14.1. The predicted molar refractivity (Wildman–Crippen MR) is 245 cm³/mol. The number of primary amides is 2. The van der Waals surface area contributed by atoms with E-state index >= 15 is 0 Å². The smallest absolute Gasteiger partial charge is 0.405 e. The third-order valence-corrected chi connectivity index (χ3v) is 15.2. The number of likely N-dealkylation sites (tertiary alicyclic amines) is 2. The molecule has 3 aliphatic heterocycles. The fraction of sp³-hybridized carbons (Fsp3) is 0.533. The number of amides is 6. The molecule has 2 aromatic carbocycles. The van der Waals surface area contributed by atoms with Gasteiger partial charge in [0, 0.05) is 30.1 Å². The Morgan fingerprint density at radius 3 is 1.51 bits per heavy atom. The van der Waals surface area contributed by atoms with Crippen LogP contribution in [0.1, 0.15) is 124 Å². The number of nitrogens with two attached hydrogens (primary N) is 2. The lowest BCUT2D eigenvalue weighted by Gasteiger charge is -2.39. The SMILES string of the molecule is CC(C)[C@H](NC(=O)O)C(=O)N1CCC[C@@]1(C(N)=O)c1ccc([C@H]2CC[C@H](c3ccc([C@]4(C(N)=O)CCCN4C(=O)[C@@H](NC(=O)O)C(C)C)c([N+](=O)[O-])c3)N2c2nc3c(s2)CCCC3)cc1[N+](=O)[O-]. The van der Waals surface area contributed by atoms with Crippen molar-refractivity contribution in [2.24, 2.45) is 23.3 Å². The number of hydrogen-bond acceptors (Lipinski definition) is 13. The topological polar surface area (TPSA) is 328 Å². The van der Waals surface area contributed by atoms with Gasteiger partial charge in [-0.1, -0.05) is 39.8 Å². The van der Waals surface area contributed by atoms with E-state index in [9.17, 15) is 59.2 Å². The second-order valence-electron chi connectivity index (χ2n) is 18.6. The lowest BCUT2D eigenvalue weighted by Crippen LogP contribution is -2.59. The number of nitrogens with one attached hydrogen (secondary N) is 2. The van der Waals surface area contributed by atoms with E-state index in [0.717, 1.165) is 46.1 Å². The normalized spacial score (nSPS) is 23.3. The molecule has 0 radical (unpaired) electrons. The summed E-state index contributed by atoms with van der Waals surface area (Å²) in [6, 6.07) is 5.04. The lowest BCUT2D eigenvalue weighted by atomic mass is 9.83. The number of aromatic nitrogens is 1. The molecule has 3 fully saturated rings. The molecular formula is C45H56N10O12S. The monoisotopic (exact) mass is 960 g/mol. The molecule has 6 atom stereocenters. The van der Waals surface area contributed by atoms with Crippen molar-refractivity contribution in [3.05, 3.63) is 89.5 Å². The van der Waals surface area contributed by atoms with Crippen LogP contribution in [0.2, 0.25) is 0 Å². The van der Waals surface area contributed by atoms with Crippen molar-refractivity contribution in [3.8, 4) is 0 Å². The van der Waals surface area contributed by atoms with Crippen LogP contribution in [0.5, 0.6) is 0 Å². The Morgan fingerprint density at radius 1 is 0.721 bits per heavy atom. The van der Waals surface area contributed by atoms with Crippen molar-refractivity contribution >= 4 is 63.7 Å². The van der Waals surface area contributed by atoms with Crippen molar-refractivity contribution in [2.45, 2.75) is 127 Å². The molecule has 6 amide bonds. The maximum Gasteiger partial charge on any atom is 0.405 e. The number of fused-ring (bicyclic) bond motifs is 1. The lowest BCUT2D eigenvalue weighted by molar-refractivity contribution is -0.386. The second kappa shape index (κ2) is 19.0. The van der Waals surface area contributed by atoms with Crippen molar-refractivity contribution in [1.82, 2.24) is 25.4 Å². The Balaban J connectivity index is 1.33. The average Bonchev–Trinajstić information content (AvgIpc) is 4.11. The first kappa shape index (κ1) is 49.0. The van der Waals surface area contributed by atoms with Gasteiger partial charge in [0.2, 0.25) is 23.6 Å². The number of aryl methyl sites for hydroxylation is 2. The highest BCUT2D eigenvalue weighted by atomic mass is 32.1. The van der Waals surface area contributed by atoms with Crippen LogP contribution in [0, 0.1) is 32.1 Å². The fourth-order valence-electron chi connectivity index (χ4n) is 10.9. The molecule has 8 N–H and O–H groups in total. The quantitative estimate of drug-likeness (QED) is 0.0852. The summed E-state index contributed by atoms with van der Waals surface area (Å²) in [5.74, 6) is -4.63. The minimum Gasteiger partial charge on any atom is -0.465 e. The number of anilines is 1. The zero-order valence-corrected chi connectivity index (χ0v) is 39.0. The van der Waals surface area contributed by atoms with Crippen molar-refractivity contribution in [2.75, 3.05) is 18.0 Å². The number of nitrogens with zero attached hydrogens (tertiary/aromatic N) is 6. The molecule has 22 nitrogen and oxygen atoms in total. The van der Waals surface area contributed by atoms with Crippen LogP contribution >= 0.6 is 11.3 Å². The van der Waals surface area contributed by atoms with Gasteiger partial charge < -0.3 is 47.0 Å². The number of hydrogen-bond donors (Lipinski definition) is 6. The summed E-state index contributed by atoms with van der Waals surface area (Å²) in [5, 5.41) is 50.3. The summed E-state index contributed by atoms with van der Waals surface area (Å²) < 4.78 is 0. The number of carbonyl (C=O) groups is 6. The van der Waals surface area contributed by atoms with Crippen LogP contribution in [-0.4, -0.2) is 95.8 Å². The predicted octanol–water partition coefficient (Wildman–Crippen LogP) is 5.11. The fourth-order valence-corrected chi connectivity index (χ4v) is 12.1. The van der Waals surface area contributed by atoms with Crippen LogP contribution in [0.3, 0.4) is 0 Å². The summed E-state index contributed by atoms with van der Waals surface area (Å²) in [7, 11) is 0. The van der Waals surface area contributed by atoms with Gasteiger partial charge in [0.05, 0.1) is 38.8 Å². The van der Waals surface area contributed by atoms with Gasteiger partial charge in [0.1, 0.15) is 12.1 Å². The van der Waals surface area contributed by atoms with Crippen molar-refractivity contribution in [1.29, 1.82) is 0 Å². The van der Waals surface area contributed by atoms with Gasteiger partial charge >= 0.3 is 12.2 Å². The molecule has 0 unspecified atom stereocenters. The molecule has 1 aliphatic carbocycles. The summed E-state index contributed by atoms with van der Waals surface area (Å²) in [6.45, 7) is 6.47. The van der Waals surface area contributed by atoms with Gasteiger partial charge in [-0.15, -0.1) is 11.3 Å². The highest BCUT2D eigenvalue weighted by Crippen LogP contribution is 2.52. The number of thiazole rings is 1. The molecule has 0 bridgehead atoms. The molecule has 364 valence electrons. The Hall–Kier alpha value is -6.91. The number of nitro benzene ring substituents is 2. The molecule has 4 heterocycles.